The maximum Gasteiger partial charge on any atom is 0.145 e. The van der Waals surface area contributed by atoms with E-state index in [0.29, 0.717) is 6.04 Å². The fourth-order valence-corrected chi connectivity index (χ4v) is 2.74. The number of nitrogens with zero attached hydrogens (tertiary/aromatic N) is 2. The first-order chi connectivity index (χ1) is 9.22. The van der Waals surface area contributed by atoms with Crippen molar-refractivity contribution in [1.82, 2.24) is 10.2 Å². The Balaban J connectivity index is 2.21. The van der Waals surface area contributed by atoms with Gasteiger partial charge >= 0.3 is 0 Å². The second kappa shape index (κ2) is 6.18. The number of hydrogen-bond acceptors (Lipinski definition) is 3. The van der Waals surface area contributed by atoms with E-state index in [2.05, 4.69) is 30.3 Å². The Kier molecular flexibility index (Phi) is 4.57. The van der Waals surface area contributed by atoms with Gasteiger partial charge in [-0.25, -0.2) is 0 Å². The monoisotopic (exact) mass is 257 g/mol. The lowest BCUT2D eigenvalue weighted by atomic mass is 9.87. The van der Waals surface area contributed by atoms with Gasteiger partial charge in [-0.15, -0.1) is 0 Å². The lowest BCUT2D eigenvalue weighted by Crippen LogP contribution is -2.52. The van der Waals surface area contributed by atoms with Crippen molar-refractivity contribution in [3.05, 3.63) is 35.9 Å². The van der Waals surface area contributed by atoms with Crippen LogP contribution in [0.4, 0.5) is 0 Å². The van der Waals surface area contributed by atoms with E-state index in [1.165, 1.54) is 19.3 Å². The van der Waals surface area contributed by atoms with Gasteiger partial charge in [-0.2, -0.15) is 5.26 Å². The van der Waals surface area contributed by atoms with Crippen molar-refractivity contribution in [3.63, 3.8) is 0 Å². The third kappa shape index (κ3) is 2.97. The standard InChI is InChI=1S/C16H23N3/c1-3-18-16(12-17,14-8-5-4-6-9-14)13-19(2)15-10-7-11-15/h4-6,8-9,15,18H,3,7,10-11,13H2,1-2H3. The average molecular weight is 257 g/mol. The van der Waals surface area contributed by atoms with Crippen LogP contribution >= 0.6 is 0 Å². The lowest BCUT2D eigenvalue weighted by molar-refractivity contribution is 0.130. The first-order valence-electron chi connectivity index (χ1n) is 7.14. The molecule has 0 amide bonds. The molecule has 1 aromatic carbocycles. The Hall–Kier alpha value is -1.37. The van der Waals surface area contributed by atoms with E-state index in [1.54, 1.807) is 0 Å². The third-order valence-electron chi connectivity index (χ3n) is 4.12. The van der Waals surface area contributed by atoms with Crippen LogP contribution in [0.15, 0.2) is 30.3 Å². The normalized spacial score (nSPS) is 18.6. The minimum atomic E-state index is -0.597. The molecule has 19 heavy (non-hydrogen) atoms. The van der Waals surface area contributed by atoms with Gasteiger partial charge in [0.15, 0.2) is 0 Å². The Morgan fingerprint density at radius 3 is 2.53 bits per heavy atom. The van der Waals surface area contributed by atoms with Crippen LogP contribution in [-0.2, 0) is 5.54 Å². The van der Waals surface area contributed by atoms with Gasteiger partial charge in [0, 0.05) is 12.6 Å². The number of nitriles is 1. The molecule has 0 spiro atoms. The van der Waals surface area contributed by atoms with Crippen LogP contribution in [0.25, 0.3) is 0 Å². The first kappa shape index (κ1) is 14.0. The van der Waals surface area contributed by atoms with E-state index in [-0.39, 0.29) is 0 Å². The number of nitrogens with one attached hydrogen (secondary N) is 1. The van der Waals surface area contributed by atoms with E-state index in [1.807, 2.05) is 30.3 Å². The molecule has 2 rings (SSSR count). The molecular weight excluding hydrogens is 234 g/mol. The topological polar surface area (TPSA) is 39.1 Å². The zero-order chi connectivity index (χ0) is 13.7. The Bertz CT molecular complexity index is 433. The Labute approximate surface area is 116 Å². The molecule has 1 fully saturated rings. The predicted octanol–water partition coefficient (Wildman–Crippen LogP) is 2.50. The maximum absolute atomic E-state index is 9.74. The summed E-state index contributed by atoms with van der Waals surface area (Å²) in [6.07, 6.45) is 3.85. The van der Waals surface area contributed by atoms with Crippen molar-refractivity contribution < 1.29 is 0 Å². The second-order valence-corrected chi connectivity index (χ2v) is 5.41. The molecule has 1 saturated carbocycles. The van der Waals surface area contributed by atoms with Crippen molar-refractivity contribution in [3.8, 4) is 6.07 Å². The number of likely N-dealkylation sites (N-methyl/N-ethyl adjacent to an activating group) is 2. The summed E-state index contributed by atoms with van der Waals surface area (Å²) in [5.41, 5.74) is 0.464. The van der Waals surface area contributed by atoms with Crippen molar-refractivity contribution in [2.75, 3.05) is 20.1 Å². The molecule has 0 heterocycles. The highest BCUT2D eigenvalue weighted by molar-refractivity contribution is 5.32. The molecule has 1 aliphatic carbocycles. The highest BCUT2D eigenvalue weighted by Gasteiger charge is 2.35. The maximum atomic E-state index is 9.74. The van der Waals surface area contributed by atoms with Gasteiger partial charge in [-0.3, -0.25) is 5.32 Å². The number of benzene rings is 1. The summed E-state index contributed by atoms with van der Waals surface area (Å²) in [7, 11) is 2.14. The average Bonchev–Trinajstić information content (AvgIpc) is 2.37. The van der Waals surface area contributed by atoms with Crippen molar-refractivity contribution >= 4 is 0 Å². The summed E-state index contributed by atoms with van der Waals surface area (Å²) in [6, 6.07) is 13.2. The molecule has 0 aliphatic heterocycles. The minimum absolute atomic E-state index is 0.597. The zero-order valence-corrected chi connectivity index (χ0v) is 11.9. The number of hydrogen-bond donors (Lipinski definition) is 1. The van der Waals surface area contributed by atoms with Crippen LogP contribution in [0.3, 0.4) is 0 Å². The summed E-state index contributed by atoms with van der Waals surface area (Å²) >= 11 is 0. The van der Waals surface area contributed by atoms with Gasteiger partial charge in [0.2, 0.25) is 0 Å². The van der Waals surface area contributed by atoms with Crippen LogP contribution in [-0.4, -0.2) is 31.1 Å². The van der Waals surface area contributed by atoms with E-state index < -0.39 is 5.54 Å². The molecule has 0 bridgehead atoms. The predicted molar refractivity (Wildman–Crippen MR) is 77.7 cm³/mol. The lowest BCUT2D eigenvalue weighted by Gasteiger charge is -2.40. The highest BCUT2D eigenvalue weighted by atomic mass is 15.2. The van der Waals surface area contributed by atoms with Crippen LogP contribution in [0.2, 0.25) is 0 Å². The van der Waals surface area contributed by atoms with Gasteiger partial charge in [0.05, 0.1) is 6.07 Å². The van der Waals surface area contributed by atoms with Crippen molar-refractivity contribution in [1.29, 1.82) is 5.26 Å². The molecule has 1 aliphatic rings. The minimum Gasteiger partial charge on any atom is -0.300 e. The molecule has 0 aromatic heterocycles. The third-order valence-corrected chi connectivity index (χ3v) is 4.12. The first-order valence-corrected chi connectivity index (χ1v) is 7.14. The molecule has 1 N–H and O–H groups in total. The molecule has 0 radical (unpaired) electrons. The van der Waals surface area contributed by atoms with E-state index in [4.69, 9.17) is 0 Å². The van der Waals surface area contributed by atoms with Crippen LogP contribution in [0.1, 0.15) is 31.7 Å². The second-order valence-electron chi connectivity index (χ2n) is 5.41. The number of rotatable bonds is 6. The summed E-state index contributed by atoms with van der Waals surface area (Å²) in [4.78, 5) is 2.34. The quantitative estimate of drug-likeness (QED) is 0.851. The van der Waals surface area contributed by atoms with Gasteiger partial charge < -0.3 is 4.90 Å². The van der Waals surface area contributed by atoms with Gasteiger partial charge in [0.1, 0.15) is 5.54 Å². The molecule has 0 saturated heterocycles. The molecular formula is C16H23N3. The van der Waals surface area contributed by atoms with Crippen LogP contribution < -0.4 is 5.32 Å². The summed E-state index contributed by atoms with van der Waals surface area (Å²) < 4.78 is 0. The smallest absolute Gasteiger partial charge is 0.145 e. The highest BCUT2D eigenvalue weighted by Crippen LogP contribution is 2.28. The van der Waals surface area contributed by atoms with Gasteiger partial charge in [-0.05, 0) is 32.0 Å². The van der Waals surface area contributed by atoms with Gasteiger partial charge in [0.25, 0.3) is 0 Å². The molecule has 3 heteroatoms. The zero-order valence-electron chi connectivity index (χ0n) is 11.9. The van der Waals surface area contributed by atoms with Crippen molar-refractivity contribution in [2.24, 2.45) is 0 Å². The summed E-state index contributed by atoms with van der Waals surface area (Å²) in [5.74, 6) is 0. The van der Waals surface area contributed by atoms with E-state index in [0.717, 1.165) is 18.7 Å². The molecule has 3 nitrogen and oxygen atoms in total. The summed E-state index contributed by atoms with van der Waals surface area (Å²) in [6.45, 7) is 3.59. The molecule has 1 aromatic rings. The Morgan fingerprint density at radius 1 is 1.37 bits per heavy atom. The molecule has 102 valence electrons. The Morgan fingerprint density at radius 2 is 2.05 bits per heavy atom. The molecule has 1 unspecified atom stereocenters. The fourth-order valence-electron chi connectivity index (χ4n) is 2.74. The fraction of sp³-hybridized carbons (Fsp3) is 0.562. The van der Waals surface area contributed by atoms with Crippen LogP contribution in [0.5, 0.6) is 0 Å². The summed E-state index contributed by atoms with van der Waals surface area (Å²) in [5, 5.41) is 13.1. The van der Waals surface area contributed by atoms with Crippen LogP contribution in [0, 0.1) is 11.3 Å². The van der Waals surface area contributed by atoms with Crippen molar-refractivity contribution in [2.45, 2.75) is 37.8 Å². The molecule has 1 atom stereocenters. The van der Waals surface area contributed by atoms with E-state index >= 15 is 0 Å². The van der Waals surface area contributed by atoms with E-state index in [9.17, 15) is 5.26 Å². The van der Waals surface area contributed by atoms with Gasteiger partial charge in [-0.1, -0.05) is 43.7 Å². The largest absolute Gasteiger partial charge is 0.300 e. The SMILES string of the molecule is CCNC(C#N)(CN(C)C1CCC1)c1ccccc1.